The first-order chi connectivity index (χ1) is 13.5. The summed E-state index contributed by atoms with van der Waals surface area (Å²) in [6.07, 6.45) is 5.01. The maximum absolute atomic E-state index is 13.2. The number of ketones is 1. The van der Waals surface area contributed by atoms with Crippen molar-refractivity contribution in [2.75, 3.05) is 0 Å². The van der Waals surface area contributed by atoms with Gasteiger partial charge in [0.05, 0.1) is 17.7 Å². The zero-order valence-corrected chi connectivity index (χ0v) is 15.9. The molecule has 0 aliphatic carbocycles. The molecule has 1 aromatic carbocycles. The predicted molar refractivity (Wildman–Crippen MR) is 106 cm³/mol. The Balaban J connectivity index is 1.92. The monoisotopic (exact) mass is 396 g/mol. The second-order valence-electron chi connectivity index (χ2n) is 6.15. The SMILES string of the molecule is Cc1ccc(C(=O)[C@H](C(=S)NCc2ccco2)[n+]2ccccc2)cc1[N+](=O)[O-]. The van der Waals surface area contributed by atoms with E-state index < -0.39 is 11.0 Å². The van der Waals surface area contributed by atoms with Crippen molar-refractivity contribution in [2.24, 2.45) is 0 Å². The van der Waals surface area contributed by atoms with E-state index in [-0.39, 0.29) is 17.0 Å². The number of aryl methyl sites for hydroxylation is 1. The molecule has 0 fully saturated rings. The highest BCUT2D eigenvalue weighted by Gasteiger charge is 2.34. The van der Waals surface area contributed by atoms with Crippen molar-refractivity contribution in [3.63, 3.8) is 0 Å². The van der Waals surface area contributed by atoms with Gasteiger partial charge in [0, 0.05) is 29.3 Å². The first kappa shape index (κ1) is 19.4. The van der Waals surface area contributed by atoms with Gasteiger partial charge >= 0.3 is 0 Å². The van der Waals surface area contributed by atoms with Crippen molar-refractivity contribution in [3.8, 4) is 0 Å². The molecular weight excluding hydrogens is 378 g/mol. The van der Waals surface area contributed by atoms with Gasteiger partial charge in [0.15, 0.2) is 17.4 Å². The van der Waals surface area contributed by atoms with Crippen LogP contribution in [0.5, 0.6) is 0 Å². The number of carbonyl (C=O) groups excluding carboxylic acids is 1. The van der Waals surface area contributed by atoms with Crippen LogP contribution in [0.4, 0.5) is 5.69 Å². The van der Waals surface area contributed by atoms with Crippen molar-refractivity contribution < 1.29 is 18.7 Å². The van der Waals surface area contributed by atoms with Gasteiger partial charge < -0.3 is 9.73 Å². The van der Waals surface area contributed by atoms with E-state index >= 15 is 0 Å². The van der Waals surface area contributed by atoms with E-state index in [4.69, 9.17) is 16.6 Å². The molecule has 3 aromatic rings. The van der Waals surface area contributed by atoms with Crippen LogP contribution >= 0.6 is 12.2 Å². The zero-order chi connectivity index (χ0) is 20.1. The summed E-state index contributed by atoms with van der Waals surface area (Å²) < 4.78 is 6.95. The quantitative estimate of drug-likeness (QED) is 0.217. The van der Waals surface area contributed by atoms with Crippen LogP contribution in [-0.2, 0) is 6.54 Å². The molecule has 142 valence electrons. The third-order valence-corrected chi connectivity index (χ3v) is 4.61. The van der Waals surface area contributed by atoms with Crippen LogP contribution in [-0.4, -0.2) is 15.7 Å². The minimum atomic E-state index is -0.839. The number of benzene rings is 1. The van der Waals surface area contributed by atoms with E-state index in [2.05, 4.69) is 5.32 Å². The Kier molecular flexibility index (Phi) is 5.90. The molecule has 0 saturated carbocycles. The molecule has 3 rings (SSSR count). The fourth-order valence-electron chi connectivity index (χ4n) is 2.78. The molecule has 0 aliphatic rings. The van der Waals surface area contributed by atoms with Crippen molar-refractivity contribution in [1.29, 1.82) is 0 Å². The first-order valence-corrected chi connectivity index (χ1v) is 8.93. The van der Waals surface area contributed by atoms with Crippen molar-refractivity contribution in [2.45, 2.75) is 19.5 Å². The summed E-state index contributed by atoms with van der Waals surface area (Å²) in [6, 6.07) is 12.6. The molecule has 0 amide bonds. The van der Waals surface area contributed by atoms with Gasteiger partial charge in [-0.25, -0.2) is 0 Å². The highest BCUT2D eigenvalue weighted by molar-refractivity contribution is 7.80. The first-order valence-electron chi connectivity index (χ1n) is 8.52. The summed E-state index contributed by atoms with van der Waals surface area (Å²) in [5, 5.41) is 14.3. The van der Waals surface area contributed by atoms with Crippen LogP contribution in [0.25, 0.3) is 0 Å². The molecule has 0 radical (unpaired) electrons. The largest absolute Gasteiger partial charge is 0.467 e. The van der Waals surface area contributed by atoms with Gasteiger partial charge in [-0.2, -0.15) is 4.57 Å². The van der Waals surface area contributed by atoms with Gasteiger partial charge in [0.1, 0.15) is 5.76 Å². The lowest BCUT2D eigenvalue weighted by Crippen LogP contribution is -2.51. The van der Waals surface area contributed by atoms with Crippen LogP contribution in [0.3, 0.4) is 0 Å². The summed E-state index contributed by atoms with van der Waals surface area (Å²) in [7, 11) is 0. The summed E-state index contributed by atoms with van der Waals surface area (Å²) in [6.45, 7) is 1.96. The van der Waals surface area contributed by atoms with Crippen molar-refractivity contribution in [1.82, 2.24) is 5.32 Å². The molecule has 0 saturated heterocycles. The highest BCUT2D eigenvalue weighted by atomic mass is 32.1. The maximum atomic E-state index is 13.2. The van der Waals surface area contributed by atoms with E-state index in [0.29, 0.717) is 22.9 Å². The van der Waals surface area contributed by atoms with E-state index in [9.17, 15) is 14.9 Å². The number of carbonyl (C=O) groups is 1. The molecule has 0 unspecified atom stereocenters. The summed E-state index contributed by atoms with van der Waals surface area (Å²) >= 11 is 5.49. The van der Waals surface area contributed by atoms with Crippen LogP contribution < -0.4 is 9.88 Å². The molecule has 28 heavy (non-hydrogen) atoms. The van der Waals surface area contributed by atoms with E-state index in [1.54, 1.807) is 66.5 Å². The molecule has 0 bridgehead atoms. The van der Waals surface area contributed by atoms with Gasteiger partial charge in [0.2, 0.25) is 5.78 Å². The van der Waals surface area contributed by atoms with Crippen LogP contribution in [0.2, 0.25) is 0 Å². The smallest absolute Gasteiger partial charge is 0.273 e. The Morgan fingerprint density at radius 3 is 2.64 bits per heavy atom. The number of thiocarbonyl (C=S) groups is 1. The van der Waals surface area contributed by atoms with Gasteiger partial charge in [-0.3, -0.25) is 14.9 Å². The zero-order valence-electron chi connectivity index (χ0n) is 15.1. The van der Waals surface area contributed by atoms with Gasteiger partial charge in [0.25, 0.3) is 11.7 Å². The number of nitro benzene ring substituents is 1. The lowest BCUT2D eigenvalue weighted by Gasteiger charge is -2.14. The fraction of sp³-hybridized carbons (Fsp3) is 0.150. The summed E-state index contributed by atoms with van der Waals surface area (Å²) in [5.41, 5.74) is 0.613. The van der Waals surface area contributed by atoms with Crippen molar-refractivity contribution in [3.05, 3.63) is 94.2 Å². The third-order valence-electron chi connectivity index (χ3n) is 4.24. The minimum Gasteiger partial charge on any atom is -0.467 e. The van der Waals surface area contributed by atoms with E-state index in [0.717, 1.165) is 0 Å². The second kappa shape index (κ2) is 8.53. The molecule has 7 nitrogen and oxygen atoms in total. The number of furan rings is 1. The predicted octanol–water partition coefficient (Wildman–Crippen LogP) is 3.32. The standard InChI is InChI=1S/C20H17N3O4S/c1-14-7-8-15(12-17(14)23(25)26)19(24)18(22-9-3-2-4-10-22)20(28)21-13-16-6-5-11-27-16/h2-12,18H,13H2,1H3/p+1/t18-/m1/s1. The average molecular weight is 396 g/mol. The van der Waals surface area contributed by atoms with Crippen LogP contribution in [0.15, 0.2) is 71.6 Å². The second-order valence-corrected chi connectivity index (χ2v) is 6.58. The molecule has 0 spiro atoms. The number of pyridine rings is 1. The number of nitrogens with zero attached hydrogens (tertiary/aromatic N) is 2. The number of aromatic nitrogens is 1. The number of hydrogen-bond acceptors (Lipinski definition) is 5. The topological polar surface area (TPSA) is 89.3 Å². The molecule has 1 atom stereocenters. The molecule has 2 aromatic heterocycles. The fourth-order valence-corrected chi connectivity index (χ4v) is 3.08. The molecule has 2 heterocycles. The average Bonchev–Trinajstić information content (AvgIpc) is 3.21. The van der Waals surface area contributed by atoms with Gasteiger partial charge in [-0.1, -0.05) is 30.4 Å². The molecule has 0 aliphatic heterocycles. The number of Topliss-reactive ketones (excluding diaryl/α,β-unsaturated/α-hetero) is 1. The Hall–Kier alpha value is -3.39. The Bertz CT molecular complexity index is 1000. The van der Waals surface area contributed by atoms with Crippen LogP contribution in [0, 0.1) is 17.0 Å². The Morgan fingerprint density at radius 1 is 1.25 bits per heavy atom. The lowest BCUT2D eigenvalue weighted by atomic mass is 10.0. The number of nitrogens with one attached hydrogen (secondary N) is 1. The lowest BCUT2D eigenvalue weighted by molar-refractivity contribution is -0.692. The number of nitro groups is 1. The molecule has 8 heteroatoms. The van der Waals surface area contributed by atoms with Gasteiger partial charge in [-0.05, 0) is 19.1 Å². The maximum Gasteiger partial charge on any atom is 0.273 e. The Labute approximate surface area is 166 Å². The minimum absolute atomic E-state index is 0.0999. The molecular formula is C20H18N3O4S+. The van der Waals surface area contributed by atoms with Crippen molar-refractivity contribution >= 4 is 28.7 Å². The Morgan fingerprint density at radius 2 is 2.00 bits per heavy atom. The number of rotatable bonds is 7. The van der Waals surface area contributed by atoms with E-state index in [1.807, 2.05) is 6.07 Å². The van der Waals surface area contributed by atoms with Crippen LogP contribution in [0.1, 0.15) is 27.7 Å². The highest BCUT2D eigenvalue weighted by Crippen LogP contribution is 2.22. The summed E-state index contributed by atoms with van der Waals surface area (Å²) in [5.74, 6) is 0.342. The normalized spacial score (nSPS) is 11.6. The number of hydrogen-bond donors (Lipinski definition) is 1. The molecule has 1 N–H and O–H groups in total. The van der Waals surface area contributed by atoms with Gasteiger partial charge in [-0.15, -0.1) is 0 Å². The summed E-state index contributed by atoms with van der Waals surface area (Å²) in [4.78, 5) is 24.3. The third kappa shape index (κ3) is 4.29. The van der Waals surface area contributed by atoms with E-state index in [1.165, 1.54) is 6.07 Å².